The number of sulfonamides is 2. The number of nitrogens with two attached hydrogens (primary N) is 1. The van der Waals surface area contributed by atoms with Crippen LogP contribution in [0.1, 0.15) is 5.56 Å². The molecule has 0 fully saturated rings. The lowest BCUT2D eigenvalue weighted by Gasteiger charge is -2.09. The second kappa shape index (κ2) is 5.67. The van der Waals surface area contributed by atoms with Crippen molar-refractivity contribution in [3.05, 3.63) is 53.8 Å². The molecule has 0 aliphatic heterocycles. The number of aryl methyl sites for hydroxylation is 1. The molecular formula is C13H13FN2O4S2. The van der Waals surface area contributed by atoms with E-state index < -0.39 is 25.9 Å². The van der Waals surface area contributed by atoms with E-state index in [0.29, 0.717) is 5.56 Å². The van der Waals surface area contributed by atoms with Gasteiger partial charge < -0.3 is 0 Å². The van der Waals surface area contributed by atoms with Crippen LogP contribution in [0, 0.1) is 12.7 Å². The monoisotopic (exact) mass is 344 g/mol. The molecule has 0 spiro atoms. The summed E-state index contributed by atoms with van der Waals surface area (Å²) in [4.78, 5) is -0.423. The van der Waals surface area contributed by atoms with E-state index in [1.807, 2.05) is 0 Å². The minimum Gasteiger partial charge on any atom is -0.277 e. The molecule has 2 aromatic rings. The van der Waals surface area contributed by atoms with E-state index in [0.717, 1.165) is 24.3 Å². The maximum Gasteiger partial charge on any atom is 0.261 e. The largest absolute Gasteiger partial charge is 0.277 e. The Hall–Kier alpha value is -1.97. The van der Waals surface area contributed by atoms with Gasteiger partial charge in [-0.1, -0.05) is 6.07 Å². The summed E-state index contributed by atoms with van der Waals surface area (Å²) in [6.45, 7) is 1.67. The Morgan fingerprint density at radius 3 is 2.00 bits per heavy atom. The zero-order valence-electron chi connectivity index (χ0n) is 11.4. The predicted molar refractivity (Wildman–Crippen MR) is 79.8 cm³/mol. The van der Waals surface area contributed by atoms with E-state index in [1.54, 1.807) is 13.0 Å². The van der Waals surface area contributed by atoms with E-state index in [2.05, 4.69) is 4.72 Å². The van der Waals surface area contributed by atoms with Gasteiger partial charge in [-0.25, -0.2) is 26.4 Å². The Balaban J connectivity index is 2.34. The molecule has 0 bridgehead atoms. The van der Waals surface area contributed by atoms with Crippen LogP contribution in [0.3, 0.4) is 0 Å². The van der Waals surface area contributed by atoms with E-state index in [1.165, 1.54) is 12.1 Å². The van der Waals surface area contributed by atoms with Crippen molar-refractivity contribution in [2.45, 2.75) is 16.7 Å². The van der Waals surface area contributed by atoms with Crippen LogP contribution < -0.4 is 9.86 Å². The van der Waals surface area contributed by atoms with Crippen molar-refractivity contribution < 1.29 is 21.2 Å². The number of halogens is 1. The zero-order valence-corrected chi connectivity index (χ0v) is 13.1. The van der Waals surface area contributed by atoms with Gasteiger partial charge in [-0.15, -0.1) is 0 Å². The third-order valence-corrected chi connectivity index (χ3v) is 5.14. The molecule has 0 atom stereocenters. The average Bonchev–Trinajstić information content (AvgIpc) is 2.41. The summed E-state index contributed by atoms with van der Waals surface area (Å²) in [5.41, 5.74) is 0.457. The third kappa shape index (κ3) is 3.62. The van der Waals surface area contributed by atoms with E-state index in [-0.39, 0.29) is 15.5 Å². The number of hydrogen-bond donors (Lipinski definition) is 2. The normalized spacial score (nSPS) is 12.1. The molecule has 3 N–H and O–H groups in total. The molecular weight excluding hydrogens is 331 g/mol. The topological polar surface area (TPSA) is 106 Å². The Morgan fingerprint density at radius 1 is 0.955 bits per heavy atom. The molecule has 2 rings (SSSR count). The number of anilines is 1. The Morgan fingerprint density at radius 2 is 1.50 bits per heavy atom. The molecule has 0 saturated carbocycles. The van der Waals surface area contributed by atoms with Gasteiger partial charge in [0.2, 0.25) is 10.0 Å². The van der Waals surface area contributed by atoms with E-state index in [9.17, 15) is 21.2 Å². The van der Waals surface area contributed by atoms with Crippen molar-refractivity contribution in [2.24, 2.45) is 5.14 Å². The Labute approximate surface area is 127 Å². The minimum atomic E-state index is -4.04. The van der Waals surface area contributed by atoms with Gasteiger partial charge in [0, 0.05) is 0 Å². The second-order valence-corrected chi connectivity index (χ2v) is 7.85. The van der Waals surface area contributed by atoms with Crippen molar-refractivity contribution in [1.82, 2.24) is 0 Å². The van der Waals surface area contributed by atoms with Crippen LogP contribution in [0.15, 0.2) is 52.3 Å². The summed E-state index contributed by atoms with van der Waals surface area (Å²) in [6, 6.07) is 8.35. The van der Waals surface area contributed by atoms with Gasteiger partial charge >= 0.3 is 0 Å². The third-order valence-electron chi connectivity index (χ3n) is 2.83. The Bertz CT molecular complexity index is 908. The molecule has 2 aromatic carbocycles. The van der Waals surface area contributed by atoms with Crippen LogP contribution >= 0.6 is 0 Å². The fourth-order valence-corrected chi connectivity index (χ4v) is 3.30. The van der Waals surface area contributed by atoms with Crippen molar-refractivity contribution in [1.29, 1.82) is 0 Å². The molecule has 0 amide bonds. The van der Waals surface area contributed by atoms with Crippen molar-refractivity contribution in [3.8, 4) is 0 Å². The van der Waals surface area contributed by atoms with Gasteiger partial charge in [0.1, 0.15) is 5.82 Å². The van der Waals surface area contributed by atoms with Gasteiger partial charge in [0.05, 0.1) is 15.5 Å². The standard InChI is InChI=1S/C13H13FN2O4S2/c1-9-2-7-13(12(14)8-9)16-22(19,20)11-5-3-10(4-6-11)21(15,17)18/h2-8,16H,1H3,(H2,15,17,18). The molecule has 0 aromatic heterocycles. The van der Waals surface area contributed by atoms with Gasteiger partial charge in [0.25, 0.3) is 10.0 Å². The molecule has 0 aliphatic carbocycles. The molecule has 0 unspecified atom stereocenters. The summed E-state index contributed by atoms with van der Waals surface area (Å²) in [5, 5.41) is 4.93. The fraction of sp³-hybridized carbons (Fsp3) is 0.0769. The summed E-state index contributed by atoms with van der Waals surface area (Å²) < 4.78 is 62.3. The maximum absolute atomic E-state index is 13.7. The first-order valence-corrected chi connectivity index (χ1v) is 9.04. The molecule has 118 valence electrons. The first-order chi connectivity index (χ1) is 10.1. The molecule has 0 radical (unpaired) electrons. The number of nitrogens with one attached hydrogen (secondary N) is 1. The number of benzene rings is 2. The van der Waals surface area contributed by atoms with Crippen LogP contribution in [0.5, 0.6) is 0 Å². The summed E-state index contributed by atoms with van der Waals surface area (Å²) >= 11 is 0. The fourth-order valence-electron chi connectivity index (χ4n) is 1.72. The molecule has 0 saturated heterocycles. The van der Waals surface area contributed by atoms with Gasteiger partial charge in [-0.2, -0.15) is 0 Å². The lowest BCUT2D eigenvalue weighted by molar-refractivity contribution is 0.594. The van der Waals surface area contributed by atoms with Gasteiger partial charge in [-0.05, 0) is 48.9 Å². The smallest absolute Gasteiger partial charge is 0.261 e. The van der Waals surface area contributed by atoms with Crippen LogP contribution in [-0.4, -0.2) is 16.8 Å². The SMILES string of the molecule is Cc1ccc(NS(=O)(=O)c2ccc(S(N)(=O)=O)cc2)c(F)c1. The van der Waals surface area contributed by atoms with Crippen LogP contribution in [-0.2, 0) is 20.0 Å². The average molecular weight is 344 g/mol. The van der Waals surface area contributed by atoms with E-state index in [4.69, 9.17) is 5.14 Å². The first-order valence-electron chi connectivity index (χ1n) is 6.01. The Kier molecular flexibility index (Phi) is 4.23. The van der Waals surface area contributed by atoms with Crippen LogP contribution in [0.2, 0.25) is 0 Å². The predicted octanol–water partition coefficient (Wildman–Crippen LogP) is 1.58. The van der Waals surface area contributed by atoms with Crippen molar-refractivity contribution in [2.75, 3.05) is 4.72 Å². The number of primary sulfonamides is 1. The highest BCUT2D eigenvalue weighted by Gasteiger charge is 2.17. The van der Waals surface area contributed by atoms with Crippen molar-refractivity contribution in [3.63, 3.8) is 0 Å². The summed E-state index contributed by atoms with van der Waals surface area (Å²) in [5.74, 6) is -0.704. The number of rotatable bonds is 4. The highest BCUT2D eigenvalue weighted by molar-refractivity contribution is 7.92. The highest BCUT2D eigenvalue weighted by Crippen LogP contribution is 2.21. The quantitative estimate of drug-likeness (QED) is 0.878. The molecule has 6 nitrogen and oxygen atoms in total. The van der Waals surface area contributed by atoms with Crippen molar-refractivity contribution >= 4 is 25.7 Å². The zero-order chi connectivity index (χ0) is 16.5. The van der Waals surface area contributed by atoms with Gasteiger partial charge in [0.15, 0.2) is 0 Å². The molecule has 9 heteroatoms. The molecule has 0 aliphatic rings. The van der Waals surface area contributed by atoms with Crippen LogP contribution in [0.25, 0.3) is 0 Å². The second-order valence-electron chi connectivity index (χ2n) is 4.61. The summed E-state index contributed by atoms with van der Waals surface area (Å²) in [7, 11) is -7.95. The van der Waals surface area contributed by atoms with Gasteiger partial charge in [-0.3, -0.25) is 4.72 Å². The molecule has 22 heavy (non-hydrogen) atoms. The lowest BCUT2D eigenvalue weighted by atomic mass is 10.2. The summed E-state index contributed by atoms with van der Waals surface area (Å²) in [6.07, 6.45) is 0. The number of hydrogen-bond acceptors (Lipinski definition) is 4. The molecule has 0 heterocycles. The maximum atomic E-state index is 13.7. The highest BCUT2D eigenvalue weighted by atomic mass is 32.2. The van der Waals surface area contributed by atoms with E-state index >= 15 is 0 Å². The van der Waals surface area contributed by atoms with Crippen LogP contribution in [0.4, 0.5) is 10.1 Å². The minimum absolute atomic E-state index is 0.193. The lowest BCUT2D eigenvalue weighted by Crippen LogP contribution is -2.15. The first kappa shape index (κ1) is 16.4.